The van der Waals surface area contributed by atoms with Gasteiger partial charge in [-0.15, -0.1) is 0 Å². The number of fused-ring (bicyclic) bond motifs is 2. The van der Waals surface area contributed by atoms with Crippen molar-refractivity contribution >= 4 is 12.3 Å². The van der Waals surface area contributed by atoms with Gasteiger partial charge in [-0.25, -0.2) is 4.79 Å². The van der Waals surface area contributed by atoms with Crippen molar-refractivity contribution in [3.63, 3.8) is 0 Å². The molecule has 0 bridgehead atoms. The molecule has 0 radical (unpaired) electrons. The van der Waals surface area contributed by atoms with Crippen LogP contribution in [0.4, 0.5) is 0 Å². The Labute approximate surface area is 119 Å². The van der Waals surface area contributed by atoms with Gasteiger partial charge in [-0.2, -0.15) is 0 Å². The summed E-state index contributed by atoms with van der Waals surface area (Å²) >= 11 is 0. The lowest BCUT2D eigenvalue weighted by Gasteiger charge is -2.36. The second-order valence-corrected chi connectivity index (χ2v) is 7.67. The third kappa shape index (κ3) is 1.40. The highest BCUT2D eigenvalue weighted by Crippen LogP contribution is 2.75. The Balaban J connectivity index is 2.20. The fraction of sp³-hybridized carbons (Fsp3) is 0.750. The minimum atomic E-state index is -0.828. The van der Waals surface area contributed by atoms with Crippen LogP contribution in [-0.4, -0.2) is 30.6 Å². The highest BCUT2D eigenvalue weighted by Gasteiger charge is 2.76. The zero-order valence-corrected chi connectivity index (χ0v) is 12.5. The van der Waals surface area contributed by atoms with Crippen LogP contribution in [0.15, 0.2) is 11.1 Å². The number of ether oxygens (including phenoxy) is 1. The first-order valence-electron chi connectivity index (χ1n) is 7.19. The number of hydrogen-bond donors (Lipinski definition) is 1. The number of aliphatic hydroxyl groups is 1. The molecule has 4 atom stereocenters. The molecule has 110 valence electrons. The summed E-state index contributed by atoms with van der Waals surface area (Å²) < 4.78 is 4.93. The largest absolute Gasteiger partial charge is 0.466 e. The van der Waals surface area contributed by atoms with E-state index < -0.39 is 22.9 Å². The van der Waals surface area contributed by atoms with Crippen molar-refractivity contribution < 1.29 is 19.4 Å². The van der Waals surface area contributed by atoms with Crippen LogP contribution in [0.3, 0.4) is 0 Å². The Morgan fingerprint density at radius 2 is 2.05 bits per heavy atom. The molecule has 0 aliphatic heterocycles. The van der Waals surface area contributed by atoms with Gasteiger partial charge in [0.15, 0.2) is 0 Å². The highest BCUT2D eigenvalue weighted by atomic mass is 16.5. The molecular formula is C16H22O4. The number of carbonyl (C=O) groups excluding carboxylic acids is 2. The fourth-order valence-electron chi connectivity index (χ4n) is 4.67. The van der Waals surface area contributed by atoms with Gasteiger partial charge in [0.05, 0.1) is 24.2 Å². The third-order valence-corrected chi connectivity index (χ3v) is 5.82. The van der Waals surface area contributed by atoms with E-state index in [1.165, 1.54) is 7.11 Å². The van der Waals surface area contributed by atoms with Gasteiger partial charge < -0.3 is 14.6 Å². The normalized spacial score (nSPS) is 44.6. The zero-order chi connectivity index (χ0) is 14.9. The maximum atomic E-state index is 12.2. The highest BCUT2D eigenvalue weighted by molar-refractivity contribution is 5.99. The molecule has 3 rings (SSSR count). The summed E-state index contributed by atoms with van der Waals surface area (Å²) in [6.07, 6.45) is 2.48. The number of rotatable bonds is 2. The van der Waals surface area contributed by atoms with E-state index in [0.717, 1.165) is 24.7 Å². The van der Waals surface area contributed by atoms with E-state index >= 15 is 0 Å². The first kappa shape index (κ1) is 13.8. The van der Waals surface area contributed by atoms with E-state index in [0.29, 0.717) is 12.0 Å². The molecule has 2 fully saturated rings. The molecule has 2 saturated carbocycles. The van der Waals surface area contributed by atoms with Gasteiger partial charge >= 0.3 is 5.97 Å². The van der Waals surface area contributed by atoms with Gasteiger partial charge in [0.25, 0.3) is 0 Å². The molecule has 20 heavy (non-hydrogen) atoms. The molecule has 0 spiro atoms. The van der Waals surface area contributed by atoms with Crippen molar-refractivity contribution in [2.75, 3.05) is 7.11 Å². The molecule has 1 N–H and O–H groups in total. The summed E-state index contributed by atoms with van der Waals surface area (Å²) in [6.45, 7) is 6.19. The second kappa shape index (κ2) is 3.73. The van der Waals surface area contributed by atoms with Gasteiger partial charge in [-0.3, -0.25) is 0 Å². The van der Waals surface area contributed by atoms with E-state index in [9.17, 15) is 14.7 Å². The van der Waals surface area contributed by atoms with E-state index in [4.69, 9.17) is 4.74 Å². The van der Waals surface area contributed by atoms with Crippen LogP contribution in [-0.2, 0) is 14.3 Å². The summed E-state index contributed by atoms with van der Waals surface area (Å²) in [5, 5.41) is 10.7. The van der Waals surface area contributed by atoms with E-state index in [2.05, 4.69) is 13.8 Å². The predicted octanol–water partition coefficient (Wildman–Crippen LogP) is 1.86. The lowest BCUT2D eigenvalue weighted by molar-refractivity contribution is -0.139. The molecule has 0 aromatic rings. The maximum absolute atomic E-state index is 12.2. The van der Waals surface area contributed by atoms with Crippen LogP contribution < -0.4 is 0 Å². The first-order chi connectivity index (χ1) is 9.22. The van der Waals surface area contributed by atoms with E-state index in [1.54, 1.807) is 0 Å². The molecule has 3 aliphatic carbocycles. The van der Waals surface area contributed by atoms with Gasteiger partial charge in [0.1, 0.15) is 6.29 Å². The van der Waals surface area contributed by atoms with Crippen LogP contribution in [0.1, 0.15) is 40.0 Å². The van der Waals surface area contributed by atoms with E-state index in [1.807, 2.05) is 6.92 Å². The molecule has 3 aliphatic rings. The monoisotopic (exact) mass is 278 g/mol. The smallest absolute Gasteiger partial charge is 0.334 e. The molecule has 0 heterocycles. The minimum absolute atomic E-state index is 0.0142. The predicted molar refractivity (Wildman–Crippen MR) is 72.8 cm³/mol. The Kier molecular flexibility index (Phi) is 2.57. The quantitative estimate of drug-likeness (QED) is 0.618. The molecule has 0 unspecified atom stereocenters. The zero-order valence-electron chi connectivity index (χ0n) is 12.5. The fourth-order valence-corrected chi connectivity index (χ4v) is 4.67. The van der Waals surface area contributed by atoms with Crippen LogP contribution >= 0.6 is 0 Å². The molecule has 0 amide bonds. The molecule has 4 heteroatoms. The lowest BCUT2D eigenvalue weighted by Crippen LogP contribution is -2.40. The van der Waals surface area contributed by atoms with Crippen LogP contribution in [0, 0.1) is 22.2 Å². The Morgan fingerprint density at radius 1 is 1.40 bits per heavy atom. The van der Waals surface area contributed by atoms with E-state index in [-0.39, 0.29) is 11.3 Å². The van der Waals surface area contributed by atoms with Crippen LogP contribution in [0.2, 0.25) is 0 Å². The standard InChI is InChI=1S/C16H22O4/c1-14(2)5-9-10(6-14)12(18)15(3)7-16(15,8-17)11(9)13(19)20-4/h8,10,12,18H,5-7H2,1-4H3/t10-,12+,15+,16+/m1/s1. The molecule has 0 aromatic carbocycles. The number of carbonyl (C=O) groups is 2. The van der Waals surface area contributed by atoms with Crippen LogP contribution in [0.5, 0.6) is 0 Å². The molecule has 0 saturated heterocycles. The van der Waals surface area contributed by atoms with Crippen molar-refractivity contribution in [1.82, 2.24) is 0 Å². The average molecular weight is 278 g/mol. The number of aldehydes is 1. The average Bonchev–Trinajstić information content (AvgIpc) is 2.89. The van der Waals surface area contributed by atoms with Crippen molar-refractivity contribution in [1.29, 1.82) is 0 Å². The van der Waals surface area contributed by atoms with Crippen molar-refractivity contribution in [3.05, 3.63) is 11.1 Å². The van der Waals surface area contributed by atoms with Crippen LogP contribution in [0.25, 0.3) is 0 Å². The number of hydrogen-bond acceptors (Lipinski definition) is 4. The Hall–Kier alpha value is -1.16. The number of esters is 1. The second-order valence-electron chi connectivity index (χ2n) is 7.67. The third-order valence-electron chi connectivity index (χ3n) is 5.82. The Bertz CT molecular complexity index is 533. The van der Waals surface area contributed by atoms with Gasteiger partial charge in [-0.05, 0) is 24.7 Å². The van der Waals surface area contributed by atoms with Crippen molar-refractivity contribution in [3.8, 4) is 0 Å². The summed E-state index contributed by atoms with van der Waals surface area (Å²) in [7, 11) is 1.36. The van der Waals surface area contributed by atoms with Crippen molar-refractivity contribution in [2.24, 2.45) is 22.2 Å². The van der Waals surface area contributed by atoms with Gasteiger partial charge in [0, 0.05) is 11.3 Å². The van der Waals surface area contributed by atoms with Gasteiger partial charge in [-0.1, -0.05) is 26.3 Å². The number of aliphatic hydroxyl groups excluding tert-OH is 1. The molecular weight excluding hydrogens is 256 g/mol. The first-order valence-corrected chi connectivity index (χ1v) is 7.19. The summed E-state index contributed by atoms with van der Waals surface area (Å²) in [6, 6.07) is 0. The summed E-state index contributed by atoms with van der Waals surface area (Å²) in [5.41, 5.74) is 0.214. The summed E-state index contributed by atoms with van der Waals surface area (Å²) in [4.78, 5) is 24.0. The molecule has 0 aromatic heterocycles. The lowest BCUT2D eigenvalue weighted by atomic mass is 9.70. The van der Waals surface area contributed by atoms with Crippen molar-refractivity contribution in [2.45, 2.75) is 46.1 Å². The summed E-state index contributed by atoms with van der Waals surface area (Å²) in [5.74, 6) is -0.412. The minimum Gasteiger partial charge on any atom is -0.466 e. The number of methoxy groups -OCH3 is 1. The van der Waals surface area contributed by atoms with Gasteiger partial charge in [0.2, 0.25) is 0 Å². The molecule has 4 nitrogen and oxygen atoms in total. The Morgan fingerprint density at radius 3 is 2.60 bits per heavy atom. The SMILES string of the molecule is COC(=O)C1=C2CC(C)(C)C[C@H]2[C@H](O)[C@]2(C)C[C@]12C=O. The maximum Gasteiger partial charge on any atom is 0.334 e. The topological polar surface area (TPSA) is 63.6 Å².